The second-order valence-electron chi connectivity index (χ2n) is 7.02. The van der Waals surface area contributed by atoms with Crippen LogP contribution in [0.3, 0.4) is 0 Å². The van der Waals surface area contributed by atoms with E-state index >= 15 is 0 Å². The molecule has 0 saturated heterocycles. The molecule has 1 aliphatic carbocycles. The SMILES string of the molecule is Cc1cc(C)c(C)c(OC(C)C(=O)NC2CCCCCCC2)c1. The fourth-order valence-electron chi connectivity index (χ4n) is 3.29. The molecule has 1 unspecified atom stereocenters. The Morgan fingerprint density at radius 3 is 2.35 bits per heavy atom. The molecule has 2 rings (SSSR count). The molecule has 0 aromatic heterocycles. The highest BCUT2D eigenvalue weighted by Crippen LogP contribution is 2.24. The quantitative estimate of drug-likeness (QED) is 0.880. The molecule has 1 aromatic carbocycles. The monoisotopic (exact) mass is 317 g/mol. The second-order valence-corrected chi connectivity index (χ2v) is 7.02. The lowest BCUT2D eigenvalue weighted by atomic mass is 9.96. The largest absolute Gasteiger partial charge is 0.481 e. The molecule has 0 radical (unpaired) electrons. The molecule has 0 heterocycles. The van der Waals surface area contributed by atoms with Crippen molar-refractivity contribution in [3.05, 3.63) is 28.8 Å². The molecular formula is C20H31NO2. The highest BCUT2D eigenvalue weighted by atomic mass is 16.5. The van der Waals surface area contributed by atoms with Gasteiger partial charge in [-0.05, 0) is 63.3 Å². The van der Waals surface area contributed by atoms with Crippen molar-refractivity contribution in [2.45, 2.75) is 84.8 Å². The van der Waals surface area contributed by atoms with E-state index in [9.17, 15) is 4.79 Å². The van der Waals surface area contributed by atoms with Crippen LogP contribution in [0.2, 0.25) is 0 Å². The Labute approximate surface area is 140 Å². The molecule has 1 N–H and O–H groups in total. The number of aryl methyl sites for hydroxylation is 2. The van der Waals surface area contributed by atoms with Gasteiger partial charge in [-0.25, -0.2) is 0 Å². The third-order valence-electron chi connectivity index (χ3n) is 4.89. The zero-order chi connectivity index (χ0) is 16.8. The fourth-order valence-corrected chi connectivity index (χ4v) is 3.29. The zero-order valence-electron chi connectivity index (χ0n) is 15.1. The lowest BCUT2D eigenvalue weighted by molar-refractivity contribution is -0.128. The van der Waals surface area contributed by atoms with Gasteiger partial charge in [0.05, 0.1) is 0 Å². The standard InChI is InChI=1S/C20H31NO2/c1-14-12-15(2)16(3)19(13-14)23-17(4)20(22)21-18-10-8-6-5-7-9-11-18/h12-13,17-18H,5-11H2,1-4H3,(H,21,22). The number of benzene rings is 1. The van der Waals surface area contributed by atoms with Crippen molar-refractivity contribution in [3.63, 3.8) is 0 Å². The number of carbonyl (C=O) groups excluding carboxylic acids is 1. The molecule has 1 fully saturated rings. The first-order valence-corrected chi connectivity index (χ1v) is 9.02. The van der Waals surface area contributed by atoms with E-state index in [1.165, 1.54) is 37.7 Å². The Morgan fingerprint density at radius 1 is 1.09 bits per heavy atom. The molecule has 128 valence electrons. The second kappa shape index (κ2) is 8.37. The minimum Gasteiger partial charge on any atom is -0.481 e. The number of rotatable bonds is 4. The summed E-state index contributed by atoms with van der Waals surface area (Å²) in [7, 11) is 0. The van der Waals surface area contributed by atoms with Crippen molar-refractivity contribution in [2.24, 2.45) is 0 Å². The molecule has 3 nitrogen and oxygen atoms in total. The molecule has 0 spiro atoms. The van der Waals surface area contributed by atoms with E-state index in [0.29, 0.717) is 6.04 Å². The minimum absolute atomic E-state index is 0.00846. The van der Waals surface area contributed by atoms with E-state index in [1.807, 2.05) is 19.9 Å². The molecule has 3 heteroatoms. The molecule has 1 amide bonds. The van der Waals surface area contributed by atoms with Gasteiger partial charge in [-0.15, -0.1) is 0 Å². The van der Waals surface area contributed by atoms with E-state index in [0.717, 1.165) is 29.7 Å². The third-order valence-corrected chi connectivity index (χ3v) is 4.89. The average molecular weight is 317 g/mol. The fraction of sp³-hybridized carbons (Fsp3) is 0.650. The molecule has 23 heavy (non-hydrogen) atoms. The Bertz CT molecular complexity index is 531. The van der Waals surface area contributed by atoms with Crippen molar-refractivity contribution in [2.75, 3.05) is 0 Å². The van der Waals surface area contributed by atoms with E-state index in [1.54, 1.807) is 0 Å². The summed E-state index contributed by atoms with van der Waals surface area (Å²) in [6.45, 7) is 8.02. The molecule has 0 bridgehead atoms. The third kappa shape index (κ3) is 5.26. The van der Waals surface area contributed by atoms with Gasteiger partial charge < -0.3 is 10.1 Å². The maximum absolute atomic E-state index is 12.5. The Kier molecular flexibility index (Phi) is 6.49. The van der Waals surface area contributed by atoms with Crippen molar-refractivity contribution in [1.82, 2.24) is 5.32 Å². The van der Waals surface area contributed by atoms with Gasteiger partial charge in [-0.3, -0.25) is 4.79 Å². The van der Waals surface area contributed by atoms with Crippen LogP contribution >= 0.6 is 0 Å². The van der Waals surface area contributed by atoms with Crippen LogP contribution in [0, 0.1) is 20.8 Å². The van der Waals surface area contributed by atoms with E-state index in [2.05, 4.69) is 25.2 Å². The molecule has 1 aliphatic rings. The normalized spacial score (nSPS) is 17.9. The van der Waals surface area contributed by atoms with Crippen LogP contribution in [0.1, 0.15) is 68.6 Å². The van der Waals surface area contributed by atoms with Gasteiger partial charge in [0, 0.05) is 6.04 Å². The summed E-state index contributed by atoms with van der Waals surface area (Å²) in [5.41, 5.74) is 3.48. The zero-order valence-corrected chi connectivity index (χ0v) is 15.1. The van der Waals surface area contributed by atoms with Gasteiger partial charge in [0.25, 0.3) is 5.91 Å². The number of hydrogen-bond donors (Lipinski definition) is 1. The first-order valence-electron chi connectivity index (χ1n) is 9.02. The summed E-state index contributed by atoms with van der Waals surface area (Å²) in [4.78, 5) is 12.5. The number of amides is 1. The maximum Gasteiger partial charge on any atom is 0.260 e. The van der Waals surface area contributed by atoms with Gasteiger partial charge >= 0.3 is 0 Å². The van der Waals surface area contributed by atoms with Gasteiger partial charge in [0.15, 0.2) is 6.10 Å². The van der Waals surface area contributed by atoms with E-state index in [-0.39, 0.29) is 5.91 Å². The van der Waals surface area contributed by atoms with Gasteiger partial charge in [-0.2, -0.15) is 0 Å². The number of nitrogens with one attached hydrogen (secondary N) is 1. The molecule has 0 aliphatic heterocycles. The van der Waals surface area contributed by atoms with Crippen LogP contribution in [0.5, 0.6) is 5.75 Å². The van der Waals surface area contributed by atoms with Crippen molar-refractivity contribution < 1.29 is 9.53 Å². The predicted molar refractivity (Wildman–Crippen MR) is 95.0 cm³/mol. The molecule has 1 aromatic rings. The molecule has 1 atom stereocenters. The topological polar surface area (TPSA) is 38.3 Å². The van der Waals surface area contributed by atoms with Crippen LogP contribution in [0.4, 0.5) is 0 Å². The molecule has 1 saturated carbocycles. The number of carbonyl (C=O) groups is 1. The lowest BCUT2D eigenvalue weighted by Crippen LogP contribution is -2.42. The first kappa shape index (κ1) is 17.8. The lowest BCUT2D eigenvalue weighted by Gasteiger charge is -2.24. The summed E-state index contributed by atoms with van der Waals surface area (Å²) < 4.78 is 5.95. The van der Waals surface area contributed by atoms with Gasteiger partial charge in [0.2, 0.25) is 0 Å². The van der Waals surface area contributed by atoms with Crippen molar-refractivity contribution in [1.29, 1.82) is 0 Å². The highest BCUT2D eigenvalue weighted by Gasteiger charge is 2.20. The van der Waals surface area contributed by atoms with E-state index < -0.39 is 6.10 Å². The predicted octanol–water partition coefficient (Wildman–Crippen LogP) is 4.61. The summed E-state index contributed by atoms with van der Waals surface area (Å²) in [5, 5.41) is 3.19. The summed E-state index contributed by atoms with van der Waals surface area (Å²) in [5.74, 6) is 0.831. The molecular weight excluding hydrogens is 286 g/mol. The van der Waals surface area contributed by atoms with Crippen molar-refractivity contribution in [3.8, 4) is 5.75 Å². The average Bonchev–Trinajstić information content (AvgIpc) is 2.46. The maximum atomic E-state index is 12.5. The summed E-state index contributed by atoms with van der Waals surface area (Å²) in [6.07, 6.45) is 8.10. The summed E-state index contributed by atoms with van der Waals surface area (Å²) >= 11 is 0. The Morgan fingerprint density at radius 2 is 1.70 bits per heavy atom. The van der Waals surface area contributed by atoms with Crippen LogP contribution in [0.15, 0.2) is 12.1 Å². The van der Waals surface area contributed by atoms with Crippen LogP contribution in [-0.2, 0) is 4.79 Å². The first-order chi connectivity index (χ1) is 11.0. The minimum atomic E-state index is -0.458. The summed E-state index contributed by atoms with van der Waals surface area (Å²) in [6, 6.07) is 4.47. The van der Waals surface area contributed by atoms with Gasteiger partial charge in [0.1, 0.15) is 5.75 Å². The van der Waals surface area contributed by atoms with E-state index in [4.69, 9.17) is 4.74 Å². The number of ether oxygens (including phenoxy) is 1. The Balaban J connectivity index is 1.94. The Hall–Kier alpha value is -1.51. The van der Waals surface area contributed by atoms with Crippen LogP contribution in [0.25, 0.3) is 0 Å². The smallest absolute Gasteiger partial charge is 0.260 e. The van der Waals surface area contributed by atoms with Gasteiger partial charge in [-0.1, -0.05) is 38.2 Å². The van der Waals surface area contributed by atoms with Crippen LogP contribution in [-0.4, -0.2) is 18.1 Å². The highest BCUT2D eigenvalue weighted by molar-refractivity contribution is 5.81. The van der Waals surface area contributed by atoms with Crippen molar-refractivity contribution >= 4 is 5.91 Å². The number of hydrogen-bond acceptors (Lipinski definition) is 2. The van der Waals surface area contributed by atoms with Crippen LogP contribution < -0.4 is 10.1 Å².